The molecule has 0 aliphatic rings. The molecule has 0 N–H and O–H groups in total. The Hall–Kier alpha value is -6.63. The van der Waals surface area contributed by atoms with Crippen LogP contribution < -0.4 is 0 Å². The van der Waals surface area contributed by atoms with E-state index in [1.54, 1.807) is 11.3 Å². The fraction of sp³-hybridized carbons (Fsp3) is 0. The van der Waals surface area contributed by atoms with E-state index in [-0.39, 0.29) is 0 Å². The van der Waals surface area contributed by atoms with Gasteiger partial charge in [-0.3, -0.25) is 0 Å². The molecule has 4 aromatic heterocycles. The second-order valence-corrected chi connectivity index (χ2v) is 13.9. The maximum Gasteiger partial charge on any atom is 0.164 e. The molecule has 0 saturated heterocycles. The first kappa shape index (κ1) is 28.2. The largest absolute Gasteiger partial charge is 0.456 e. The molecule has 0 amide bonds. The van der Waals surface area contributed by atoms with E-state index in [1.807, 2.05) is 78.9 Å². The van der Waals surface area contributed by atoms with Crippen LogP contribution in [0.5, 0.6) is 0 Å². The summed E-state index contributed by atoms with van der Waals surface area (Å²) in [5.74, 6) is 1.97. The van der Waals surface area contributed by atoms with Crippen molar-refractivity contribution < 1.29 is 8.83 Å². The normalized spacial score (nSPS) is 11.9. The molecule has 5 nitrogen and oxygen atoms in total. The lowest BCUT2D eigenvalue weighted by atomic mass is 10.0. The Morgan fingerprint density at radius 2 is 0.784 bits per heavy atom. The summed E-state index contributed by atoms with van der Waals surface area (Å²) >= 11 is 1.79. The lowest BCUT2D eigenvalue weighted by Gasteiger charge is -2.08. The average Bonchev–Trinajstić information content (AvgIpc) is 3.87. The summed E-state index contributed by atoms with van der Waals surface area (Å²) in [5.41, 5.74) is 8.66. The van der Waals surface area contributed by atoms with Crippen LogP contribution in [0.4, 0.5) is 0 Å². The summed E-state index contributed by atoms with van der Waals surface area (Å²) in [6.45, 7) is 0. The van der Waals surface area contributed by atoms with E-state index in [1.165, 1.54) is 20.2 Å². The van der Waals surface area contributed by atoms with Crippen molar-refractivity contribution in [3.05, 3.63) is 152 Å². The van der Waals surface area contributed by atoms with Crippen LogP contribution in [0.1, 0.15) is 0 Å². The van der Waals surface area contributed by atoms with Crippen LogP contribution in [0.2, 0.25) is 0 Å². The molecule has 7 aromatic carbocycles. The van der Waals surface area contributed by atoms with Gasteiger partial charge in [-0.25, -0.2) is 15.0 Å². The molecule has 11 aromatic rings. The van der Waals surface area contributed by atoms with Crippen LogP contribution in [0.3, 0.4) is 0 Å². The van der Waals surface area contributed by atoms with Crippen molar-refractivity contribution in [2.24, 2.45) is 0 Å². The van der Waals surface area contributed by atoms with Gasteiger partial charge in [-0.05, 0) is 53.6 Å². The zero-order chi connectivity index (χ0) is 33.5. The molecule has 0 aliphatic heterocycles. The van der Waals surface area contributed by atoms with E-state index in [9.17, 15) is 0 Å². The van der Waals surface area contributed by atoms with E-state index >= 15 is 0 Å². The predicted molar refractivity (Wildman–Crippen MR) is 209 cm³/mol. The summed E-state index contributed by atoms with van der Waals surface area (Å²) < 4.78 is 15.0. The van der Waals surface area contributed by atoms with Crippen LogP contribution in [0.25, 0.3) is 109 Å². The Kier molecular flexibility index (Phi) is 6.05. The molecule has 4 heterocycles. The van der Waals surface area contributed by atoms with Crippen LogP contribution in [0, 0.1) is 0 Å². The van der Waals surface area contributed by atoms with Gasteiger partial charge in [-0.1, -0.05) is 109 Å². The third-order valence-electron chi connectivity index (χ3n) is 9.73. The molecule has 0 unspecified atom stereocenters. The summed E-state index contributed by atoms with van der Waals surface area (Å²) in [4.78, 5) is 14.8. The molecular formula is C45H25N3O2S. The van der Waals surface area contributed by atoms with Crippen molar-refractivity contribution in [2.75, 3.05) is 0 Å². The van der Waals surface area contributed by atoms with Crippen molar-refractivity contribution in [3.8, 4) is 45.3 Å². The summed E-state index contributed by atoms with van der Waals surface area (Å²) in [6.07, 6.45) is 0. The lowest BCUT2D eigenvalue weighted by Crippen LogP contribution is -1.99. The highest BCUT2D eigenvalue weighted by Crippen LogP contribution is 2.41. The number of thiophene rings is 1. The lowest BCUT2D eigenvalue weighted by molar-refractivity contribution is 0.664. The number of rotatable bonds is 4. The zero-order valence-corrected chi connectivity index (χ0v) is 27.8. The Morgan fingerprint density at radius 3 is 1.45 bits per heavy atom. The van der Waals surface area contributed by atoms with Gasteiger partial charge in [0.2, 0.25) is 0 Å². The van der Waals surface area contributed by atoms with Gasteiger partial charge in [0.15, 0.2) is 17.5 Å². The Bertz CT molecular complexity index is 3080. The number of nitrogens with zero attached hydrogens (tertiary/aromatic N) is 3. The molecule has 0 radical (unpaired) electrons. The molecule has 0 saturated carbocycles. The highest BCUT2D eigenvalue weighted by atomic mass is 32.1. The highest BCUT2D eigenvalue weighted by molar-refractivity contribution is 7.25. The van der Waals surface area contributed by atoms with Crippen LogP contribution in [-0.2, 0) is 0 Å². The number of hydrogen-bond donors (Lipinski definition) is 0. The molecule has 11 rings (SSSR count). The minimum absolute atomic E-state index is 0.656. The van der Waals surface area contributed by atoms with Crippen LogP contribution in [-0.4, -0.2) is 15.0 Å². The van der Waals surface area contributed by atoms with Gasteiger partial charge in [-0.2, -0.15) is 0 Å². The third-order valence-corrected chi connectivity index (χ3v) is 10.8. The predicted octanol–water partition coefficient (Wildman–Crippen LogP) is 12.7. The fourth-order valence-corrected chi connectivity index (χ4v) is 8.39. The second-order valence-electron chi connectivity index (χ2n) is 12.8. The van der Waals surface area contributed by atoms with E-state index in [2.05, 4.69) is 72.8 Å². The van der Waals surface area contributed by atoms with Crippen LogP contribution in [0.15, 0.2) is 160 Å². The van der Waals surface area contributed by atoms with Gasteiger partial charge in [0, 0.05) is 58.4 Å². The van der Waals surface area contributed by atoms with E-state index < -0.39 is 0 Å². The molecule has 0 fully saturated rings. The second kappa shape index (κ2) is 10.9. The van der Waals surface area contributed by atoms with E-state index in [0.29, 0.717) is 17.5 Å². The third kappa shape index (κ3) is 4.58. The molecule has 51 heavy (non-hydrogen) atoms. The van der Waals surface area contributed by atoms with Gasteiger partial charge in [0.05, 0.1) is 0 Å². The van der Waals surface area contributed by atoms with Crippen molar-refractivity contribution in [1.29, 1.82) is 0 Å². The smallest absolute Gasteiger partial charge is 0.164 e. The number of benzene rings is 7. The Morgan fingerprint density at radius 1 is 0.314 bits per heavy atom. The molecule has 0 bridgehead atoms. The fourth-order valence-electron chi connectivity index (χ4n) is 7.21. The standard InChI is InChI=1S/C45H25N3O2S/c1-3-9-26(10-4-1)43-46-44(27-11-5-2-6-12-27)48-45(47-43)30-16-19-33-32-18-15-29(22-41(32)51-42(33)23-30)28-17-20-38-34(21-28)36-25-39-35(24-40(36)50-38)31-13-7-8-14-37(31)49-39/h1-25H. The zero-order valence-electron chi connectivity index (χ0n) is 27.0. The molecule has 0 aliphatic carbocycles. The minimum Gasteiger partial charge on any atom is -0.456 e. The number of furan rings is 2. The quantitative estimate of drug-likeness (QED) is 0.186. The molecule has 6 heteroatoms. The van der Waals surface area contributed by atoms with E-state index in [4.69, 9.17) is 23.8 Å². The van der Waals surface area contributed by atoms with Crippen molar-refractivity contribution >= 4 is 75.4 Å². The SMILES string of the molecule is c1ccc(-c2nc(-c3ccccc3)nc(-c3ccc4c(c3)sc3cc(-c5ccc6oc7cc8c(cc7c6c5)oc5ccccc58)ccc34)n2)cc1. The number of fused-ring (bicyclic) bond motifs is 9. The summed E-state index contributed by atoms with van der Waals surface area (Å²) in [6, 6.07) is 52.3. The average molecular weight is 672 g/mol. The van der Waals surface area contributed by atoms with Gasteiger partial charge in [0.25, 0.3) is 0 Å². The topological polar surface area (TPSA) is 65.0 Å². The van der Waals surface area contributed by atoms with Gasteiger partial charge < -0.3 is 8.83 Å². The molecule has 0 spiro atoms. The highest BCUT2D eigenvalue weighted by Gasteiger charge is 2.16. The maximum atomic E-state index is 6.34. The maximum absolute atomic E-state index is 6.34. The summed E-state index contributed by atoms with van der Waals surface area (Å²) in [7, 11) is 0. The monoisotopic (exact) mass is 671 g/mol. The molecule has 0 atom stereocenters. The number of para-hydroxylation sites is 1. The molecular weight excluding hydrogens is 647 g/mol. The van der Waals surface area contributed by atoms with Gasteiger partial charge in [-0.15, -0.1) is 11.3 Å². The van der Waals surface area contributed by atoms with Crippen molar-refractivity contribution in [2.45, 2.75) is 0 Å². The van der Waals surface area contributed by atoms with Crippen LogP contribution >= 0.6 is 11.3 Å². The van der Waals surface area contributed by atoms with Gasteiger partial charge in [0.1, 0.15) is 22.3 Å². The summed E-state index contributed by atoms with van der Waals surface area (Å²) in [5, 5.41) is 6.75. The van der Waals surface area contributed by atoms with E-state index in [0.717, 1.165) is 71.7 Å². The Balaban J connectivity index is 1.00. The number of hydrogen-bond acceptors (Lipinski definition) is 6. The van der Waals surface area contributed by atoms with Crippen molar-refractivity contribution in [1.82, 2.24) is 15.0 Å². The molecule has 238 valence electrons. The van der Waals surface area contributed by atoms with Crippen molar-refractivity contribution in [3.63, 3.8) is 0 Å². The first-order valence-electron chi connectivity index (χ1n) is 16.8. The Labute approximate surface area is 295 Å². The minimum atomic E-state index is 0.656. The van der Waals surface area contributed by atoms with Gasteiger partial charge >= 0.3 is 0 Å². The number of aromatic nitrogens is 3. The first-order chi connectivity index (χ1) is 25.2. The first-order valence-corrected chi connectivity index (χ1v) is 17.7.